The van der Waals surface area contributed by atoms with Crippen LogP contribution in [0.25, 0.3) is 0 Å². The van der Waals surface area contributed by atoms with Crippen molar-refractivity contribution >= 4 is 23.7 Å². The van der Waals surface area contributed by atoms with E-state index in [0.717, 1.165) is 4.90 Å². The van der Waals surface area contributed by atoms with Crippen molar-refractivity contribution in [2.45, 2.75) is 25.8 Å². The van der Waals surface area contributed by atoms with Crippen molar-refractivity contribution in [2.24, 2.45) is 0 Å². The van der Waals surface area contributed by atoms with Crippen LogP contribution in [0.2, 0.25) is 0 Å². The highest BCUT2D eigenvalue weighted by Crippen LogP contribution is 2.08. The van der Waals surface area contributed by atoms with E-state index in [1.165, 1.54) is 6.92 Å². The lowest BCUT2D eigenvalue weighted by molar-refractivity contribution is -0.149. The molecule has 0 spiro atoms. The number of aliphatic carboxylic acids is 3. The molecule has 8 heteroatoms. The maximum Gasteiger partial charge on any atom is 0.320 e. The fraction of sp³-hybridized carbons (Fsp3) is 0.600. The van der Waals surface area contributed by atoms with E-state index in [9.17, 15) is 19.2 Å². The molecule has 8 nitrogen and oxygen atoms in total. The van der Waals surface area contributed by atoms with E-state index in [2.05, 4.69) is 0 Å². The molecule has 0 saturated carbocycles. The summed E-state index contributed by atoms with van der Waals surface area (Å²) in [5.74, 6) is -4.25. The molecule has 0 radical (unpaired) electrons. The first kappa shape index (κ1) is 16.0. The summed E-state index contributed by atoms with van der Waals surface area (Å²) < 4.78 is 0. The normalized spacial score (nSPS) is 12.1. The number of nitrogens with zero attached hydrogens (tertiary/aromatic N) is 1. The van der Waals surface area contributed by atoms with E-state index >= 15 is 0 Å². The third-order valence-electron chi connectivity index (χ3n) is 2.17. The summed E-state index contributed by atoms with van der Waals surface area (Å²) in [6.07, 6.45) is -0.169. The molecule has 0 bridgehead atoms. The van der Waals surface area contributed by atoms with E-state index in [-0.39, 0.29) is 18.6 Å². The summed E-state index contributed by atoms with van der Waals surface area (Å²) in [7, 11) is 0. The van der Waals surface area contributed by atoms with Crippen LogP contribution in [0.5, 0.6) is 0 Å². The monoisotopic (exact) mass is 261 g/mol. The Labute approximate surface area is 103 Å². The molecule has 3 N–H and O–H groups in total. The minimum atomic E-state index is -1.35. The van der Waals surface area contributed by atoms with Gasteiger partial charge < -0.3 is 20.1 Å². The first-order chi connectivity index (χ1) is 8.23. The molecule has 0 aliphatic rings. The number of carbonyl (C=O) groups is 4. The van der Waals surface area contributed by atoms with Crippen LogP contribution in [-0.4, -0.2) is 63.0 Å². The summed E-state index contributed by atoms with van der Waals surface area (Å²) in [6.45, 7) is -0.139. The summed E-state index contributed by atoms with van der Waals surface area (Å²) in [5.41, 5.74) is 0. The van der Waals surface area contributed by atoms with Crippen molar-refractivity contribution in [1.29, 1.82) is 0 Å². The molecule has 0 unspecified atom stereocenters. The Hall–Kier alpha value is -1.96. The van der Waals surface area contributed by atoms with Crippen LogP contribution < -0.4 is 0 Å². The fourth-order valence-corrected chi connectivity index (χ4v) is 1.43. The molecule has 0 aliphatic heterocycles. The van der Waals surface area contributed by atoms with Crippen LogP contribution in [0.3, 0.4) is 0 Å². The summed E-state index contributed by atoms with van der Waals surface area (Å²) in [4.78, 5) is 43.7. The van der Waals surface area contributed by atoms with E-state index in [1.807, 2.05) is 0 Å². The minimum Gasteiger partial charge on any atom is -0.480 e. The minimum absolute atomic E-state index is 0.0489. The van der Waals surface area contributed by atoms with Gasteiger partial charge in [-0.15, -0.1) is 0 Å². The van der Waals surface area contributed by atoms with Crippen LogP contribution in [-0.2, 0) is 19.2 Å². The number of carboxylic acid groups (broad SMARTS) is 3. The molecule has 0 aliphatic carbocycles. The van der Waals surface area contributed by atoms with Crippen molar-refractivity contribution in [3.8, 4) is 0 Å². The predicted molar refractivity (Wildman–Crippen MR) is 58.2 cm³/mol. The Morgan fingerprint density at radius 1 is 1.00 bits per heavy atom. The Morgan fingerprint density at radius 2 is 1.44 bits per heavy atom. The second-order valence-corrected chi connectivity index (χ2v) is 3.79. The average Bonchev–Trinajstić information content (AvgIpc) is 2.14. The van der Waals surface area contributed by atoms with Gasteiger partial charge in [0.05, 0.1) is 13.1 Å². The molecular formula is C10H15NO7. The number of rotatable bonds is 9. The second kappa shape index (κ2) is 7.38. The van der Waals surface area contributed by atoms with Gasteiger partial charge in [0, 0.05) is 6.42 Å². The Morgan fingerprint density at radius 3 is 1.72 bits per heavy atom. The first-order valence-corrected chi connectivity index (χ1v) is 5.14. The van der Waals surface area contributed by atoms with Crippen molar-refractivity contribution in [1.82, 2.24) is 4.90 Å². The van der Waals surface area contributed by atoms with Gasteiger partial charge in [-0.2, -0.15) is 0 Å². The quantitative estimate of drug-likeness (QED) is 0.495. The fourth-order valence-electron chi connectivity index (χ4n) is 1.43. The third-order valence-corrected chi connectivity index (χ3v) is 2.17. The van der Waals surface area contributed by atoms with E-state index in [4.69, 9.17) is 15.3 Å². The standard InChI is InChI=1S/C10H15NO7/c1-6(12)2-3-7(10(17)18)11(4-8(13)14)5-9(15)16/h7H,2-5H2,1H3,(H,13,14)(H,15,16)(H,17,18)/t7-/m0/s1. The number of hydrogen-bond acceptors (Lipinski definition) is 5. The highest BCUT2D eigenvalue weighted by atomic mass is 16.4. The van der Waals surface area contributed by atoms with Crippen LogP contribution in [0.4, 0.5) is 0 Å². The van der Waals surface area contributed by atoms with Crippen LogP contribution in [0.15, 0.2) is 0 Å². The number of ketones is 1. The molecule has 0 saturated heterocycles. The summed E-state index contributed by atoms with van der Waals surface area (Å²) in [6, 6.07) is -1.30. The molecular weight excluding hydrogens is 246 g/mol. The van der Waals surface area contributed by atoms with E-state index < -0.39 is 37.0 Å². The average molecular weight is 261 g/mol. The number of Topliss-reactive ketones (excluding diaryl/α,β-unsaturated/α-hetero) is 1. The zero-order valence-corrected chi connectivity index (χ0v) is 9.83. The zero-order chi connectivity index (χ0) is 14.3. The molecule has 0 heterocycles. The summed E-state index contributed by atoms with van der Waals surface area (Å²) >= 11 is 0. The molecule has 0 aromatic heterocycles. The lowest BCUT2D eigenvalue weighted by atomic mass is 10.1. The van der Waals surface area contributed by atoms with Crippen LogP contribution >= 0.6 is 0 Å². The second-order valence-electron chi connectivity index (χ2n) is 3.79. The van der Waals surface area contributed by atoms with Gasteiger partial charge in [-0.05, 0) is 13.3 Å². The van der Waals surface area contributed by atoms with Gasteiger partial charge in [0.15, 0.2) is 0 Å². The molecule has 0 amide bonds. The van der Waals surface area contributed by atoms with Crippen molar-refractivity contribution < 1.29 is 34.5 Å². The van der Waals surface area contributed by atoms with Crippen molar-refractivity contribution in [2.75, 3.05) is 13.1 Å². The molecule has 0 aromatic carbocycles. The largest absolute Gasteiger partial charge is 0.480 e. The topological polar surface area (TPSA) is 132 Å². The van der Waals surface area contributed by atoms with E-state index in [0.29, 0.717) is 0 Å². The smallest absolute Gasteiger partial charge is 0.320 e. The Kier molecular flexibility index (Phi) is 6.58. The van der Waals surface area contributed by atoms with Gasteiger partial charge in [-0.25, -0.2) is 0 Å². The lowest BCUT2D eigenvalue weighted by Crippen LogP contribution is -2.46. The van der Waals surface area contributed by atoms with Crippen molar-refractivity contribution in [3.63, 3.8) is 0 Å². The van der Waals surface area contributed by atoms with Gasteiger partial charge in [-0.3, -0.25) is 19.3 Å². The Balaban J connectivity index is 4.83. The Bertz CT molecular complexity index is 336. The molecule has 0 fully saturated rings. The van der Waals surface area contributed by atoms with Gasteiger partial charge in [0.25, 0.3) is 0 Å². The van der Waals surface area contributed by atoms with Crippen molar-refractivity contribution in [3.05, 3.63) is 0 Å². The highest BCUT2D eigenvalue weighted by Gasteiger charge is 2.28. The molecule has 0 aromatic rings. The van der Waals surface area contributed by atoms with Gasteiger partial charge in [-0.1, -0.05) is 0 Å². The van der Waals surface area contributed by atoms with Gasteiger partial charge in [0.2, 0.25) is 0 Å². The maximum absolute atomic E-state index is 11.0. The third kappa shape index (κ3) is 6.59. The predicted octanol–water partition coefficient (Wildman–Crippen LogP) is -0.720. The molecule has 1 atom stereocenters. The van der Waals surface area contributed by atoms with E-state index in [1.54, 1.807) is 0 Å². The molecule has 0 rings (SSSR count). The summed E-state index contributed by atoms with van der Waals surface area (Å²) in [5, 5.41) is 26.2. The molecule has 18 heavy (non-hydrogen) atoms. The molecule has 102 valence electrons. The van der Waals surface area contributed by atoms with Gasteiger partial charge >= 0.3 is 17.9 Å². The SMILES string of the molecule is CC(=O)CC[C@@H](C(=O)O)N(CC(=O)O)CC(=O)O. The highest BCUT2D eigenvalue weighted by molar-refractivity contribution is 5.80. The van der Waals surface area contributed by atoms with Gasteiger partial charge in [0.1, 0.15) is 11.8 Å². The number of carboxylic acids is 3. The zero-order valence-electron chi connectivity index (χ0n) is 9.83. The number of carbonyl (C=O) groups excluding carboxylic acids is 1. The number of hydrogen-bond donors (Lipinski definition) is 3. The maximum atomic E-state index is 11.0. The lowest BCUT2D eigenvalue weighted by Gasteiger charge is -2.25. The van der Waals surface area contributed by atoms with Crippen LogP contribution in [0, 0.1) is 0 Å². The van der Waals surface area contributed by atoms with Crippen LogP contribution in [0.1, 0.15) is 19.8 Å². The first-order valence-electron chi connectivity index (χ1n) is 5.14.